The van der Waals surface area contributed by atoms with E-state index in [-0.39, 0.29) is 0 Å². The van der Waals surface area contributed by atoms with E-state index in [0.29, 0.717) is 46.4 Å². The van der Waals surface area contributed by atoms with Crippen molar-refractivity contribution < 1.29 is 28.3 Å². The van der Waals surface area contributed by atoms with Crippen molar-refractivity contribution in [2.24, 2.45) is 0 Å². The third-order valence-corrected chi connectivity index (χ3v) is 6.01. The van der Waals surface area contributed by atoms with Gasteiger partial charge in [0.25, 0.3) is 11.8 Å². The molecule has 0 saturated heterocycles. The standard InChI is InChI=1S/C28H23N3O6/c1-35-19-11-8-17(9-12-19)27(33)31-30-24(32)16-37-28(34)25-21-6-2-3-7-23(21)29-26-18(10-13-22(25)26)15-20-5-4-14-36-20/h2-9,11-12,14-15H,10,13,16H2,1H3,(H,30,32)(H,31,33)/b18-15+. The first kappa shape index (κ1) is 23.8. The van der Waals surface area contributed by atoms with Gasteiger partial charge in [-0.2, -0.15) is 0 Å². The molecule has 0 fully saturated rings. The second kappa shape index (κ2) is 10.4. The van der Waals surface area contributed by atoms with Gasteiger partial charge in [0.2, 0.25) is 0 Å². The number of nitrogens with one attached hydrogen (secondary N) is 2. The quantitative estimate of drug-likeness (QED) is 0.306. The topological polar surface area (TPSA) is 120 Å². The molecule has 0 bridgehead atoms. The van der Waals surface area contributed by atoms with E-state index in [0.717, 1.165) is 16.8 Å². The molecular weight excluding hydrogens is 474 g/mol. The molecule has 1 aliphatic carbocycles. The van der Waals surface area contributed by atoms with Crippen LogP contribution < -0.4 is 15.6 Å². The summed E-state index contributed by atoms with van der Waals surface area (Å²) in [5.41, 5.74) is 8.38. The molecule has 9 heteroatoms. The maximum Gasteiger partial charge on any atom is 0.339 e. The van der Waals surface area contributed by atoms with Gasteiger partial charge in [0, 0.05) is 10.9 Å². The Morgan fingerprint density at radius 1 is 1.00 bits per heavy atom. The van der Waals surface area contributed by atoms with Gasteiger partial charge < -0.3 is 13.9 Å². The van der Waals surface area contributed by atoms with Gasteiger partial charge in [-0.15, -0.1) is 0 Å². The van der Waals surface area contributed by atoms with Crippen LogP contribution in [0.3, 0.4) is 0 Å². The van der Waals surface area contributed by atoms with Crippen molar-refractivity contribution in [3.8, 4) is 5.75 Å². The molecule has 37 heavy (non-hydrogen) atoms. The predicted octanol–water partition coefficient (Wildman–Crippen LogP) is 3.94. The van der Waals surface area contributed by atoms with Gasteiger partial charge in [-0.1, -0.05) is 18.2 Å². The Labute approximate surface area is 212 Å². The second-order valence-electron chi connectivity index (χ2n) is 8.32. The number of hydrogen-bond acceptors (Lipinski definition) is 7. The second-order valence-corrected chi connectivity index (χ2v) is 8.32. The lowest BCUT2D eigenvalue weighted by Gasteiger charge is -2.13. The number of benzene rings is 2. The lowest BCUT2D eigenvalue weighted by atomic mass is 10.0. The molecule has 4 aromatic rings. The molecule has 0 spiro atoms. The summed E-state index contributed by atoms with van der Waals surface area (Å²) in [7, 11) is 1.52. The summed E-state index contributed by atoms with van der Waals surface area (Å²) in [6.45, 7) is -0.567. The largest absolute Gasteiger partial charge is 0.497 e. The highest BCUT2D eigenvalue weighted by Gasteiger charge is 2.28. The Morgan fingerprint density at radius 3 is 2.57 bits per heavy atom. The fourth-order valence-electron chi connectivity index (χ4n) is 4.24. The van der Waals surface area contributed by atoms with E-state index in [2.05, 4.69) is 10.9 Å². The van der Waals surface area contributed by atoms with Gasteiger partial charge >= 0.3 is 5.97 Å². The van der Waals surface area contributed by atoms with Crippen molar-refractivity contribution in [2.75, 3.05) is 13.7 Å². The van der Waals surface area contributed by atoms with Crippen molar-refractivity contribution in [1.29, 1.82) is 0 Å². The van der Waals surface area contributed by atoms with Crippen molar-refractivity contribution in [1.82, 2.24) is 15.8 Å². The first-order chi connectivity index (χ1) is 18.0. The average Bonchev–Trinajstić information content (AvgIpc) is 3.59. The number of aromatic nitrogens is 1. The molecular formula is C28H23N3O6. The van der Waals surface area contributed by atoms with E-state index in [1.54, 1.807) is 30.5 Å². The smallest absolute Gasteiger partial charge is 0.339 e. The number of methoxy groups -OCH3 is 1. The normalized spacial score (nSPS) is 13.3. The fraction of sp³-hybridized carbons (Fsp3) is 0.143. The van der Waals surface area contributed by atoms with Gasteiger partial charge in [0.15, 0.2) is 6.61 Å². The number of furan rings is 1. The number of carbonyl (C=O) groups excluding carboxylic acids is 3. The number of carbonyl (C=O) groups is 3. The van der Waals surface area contributed by atoms with Gasteiger partial charge in [-0.3, -0.25) is 20.4 Å². The van der Waals surface area contributed by atoms with Crippen molar-refractivity contribution in [3.63, 3.8) is 0 Å². The molecule has 2 N–H and O–H groups in total. The number of hydrogen-bond donors (Lipinski definition) is 2. The Balaban J connectivity index is 1.29. The van der Waals surface area contributed by atoms with Crippen LogP contribution in [-0.2, 0) is 16.0 Å². The number of rotatable bonds is 6. The molecule has 2 aromatic heterocycles. The lowest BCUT2D eigenvalue weighted by Crippen LogP contribution is -2.43. The summed E-state index contributed by atoms with van der Waals surface area (Å²) >= 11 is 0. The van der Waals surface area contributed by atoms with Gasteiger partial charge in [0.1, 0.15) is 11.5 Å². The minimum Gasteiger partial charge on any atom is -0.497 e. The Kier molecular flexibility index (Phi) is 6.67. The number of ether oxygens (including phenoxy) is 2. The third-order valence-electron chi connectivity index (χ3n) is 6.01. The average molecular weight is 498 g/mol. The van der Waals surface area contributed by atoms with Crippen LogP contribution in [0.15, 0.2) is 71.3 Å². The molecule has 9 nitrogen and oxygen atoms in total. The van der Waals surface area contributed by atoms with Crippen LogP contribution >= 0.6 is 0 Å². The Bertz CT molecular complexity index is 1510. The van der Waals surface area contributed by atoms with Crippen LogP contribution in [0, 0.1) is 0 Å². The monoisotopic (exact) mass is 497 g/mol. The summed E-state index contributed by atoms with van der Waals surface area (Å²) in [5, 5.41) is 0.652. The summed E-state index contributed by atoms with van der Waals surface area (Å²) < 4.78 is 15.9. The molecule has 5 rings (SSSR count). The van der Waals surface area contributed by atoms with E-state index in [1.165, 1.54) is 7.11 Å². The minimum absolute atomic E-state index is 0.329. The maximum absolute atomic E-state index is 13.2. The first-order valence-corrected chi connectivity index (χ1v) is 11.6. The van der Waals surface area contributed by atoms with Crippen LogP contribution in [-0.4, -0.2) is 36.5 Å². The van der Waals surface area contributed by atoms with Gasteiger partial charge in [-0.25, -0.2) is 9.78 Å². The Morgan fingerprint density at radius 2 is 1.81 bits per heavy atom. The molecule has 0 saturated carbocycles. The number of amides is 2. The van der Waals surface area contributed by atoms with Crippen LogP contribution in [0.2, 0.25) is 0 Å². The molecule has 0 unspecified atom stereocenters. The van der Waals surface area contributed by atoms with Crippen LogP contribution in [0.5, 0.6) is 5.75 Å². The number of para-hydroxylation sites is 1. The van der Waals surface area contributed by atoms with Gasteiger partial charge in [0.05, 0.1) is 30.1 Å². The minimum atomic E-state index is -0.677. The number of allylic oxidation sites excluding steroid dienone is 1. The molecule has 0 aliphatic heterocycles. The lowest BCUT2D eigenvalue weighted by molar-refractivity contribution is -0.125. The predicted molar refractivity (Wildman–Crippen MR) is 136 cm³/mol. The summed E-state index contributed by atoms with van der Waals surface area (Å²) in [6, 6.07) is 17.4. The fourth-order valence-corrected chi connectivity index (χ4v) is 4.24. The first-order valence-electron chi connectivity index (χ1n) is 11.6. The van der Waals surface area contributed by atoms with Crippen molar-refractivity contribution in [3.05, 3.63) is 95.1 Å². The van der Waals surface area contributed by atoms with E-state index >= 15 is 0 Å². The zero-order valence-electron chi connectivity index (χ0n) is 19.9. The maximum atomic E-state index is 13.2. The van der Waals surface area contributed by atoms with Crippen LogP contribution in [0.4, 0.5) is 0 Å². The number of nitrogens with zero attached hydrogens (tertiary/aromatic N) is 1. The SMILES string of the molecule is COc1ccc(C(=O)NNC(=O)COC(=O)c2c3c(nc4ccccc24)/C(=C/c2ccco2)CC3)cc1. The van der Waals surface area contributed by atoms with E-state index < -0.39 is 24.4 Å². The zero-order valence-corrected chi connectivity index (χ0v) is 19.9. The molecule has 1 aliphatic rings. The number of hydrazine groups is 1. The summed E-state index contributed by atoms with van der Waals surface area (Å²) in [6.07, 6.45) is 4.82. The van der Waals surface area contributed by atoms with E-state index in [9.17, 15) is 14.4 Å². The molecule has 2 aromatic carbocycles. The highest BCUT2D eigenvalue weighted by molar-refractivity contribution is 6.07. The molecule has 0 radical (unpaired) electrons. The van der Waals surface area contributed by atoms with E-state index in [4.69, 9.17) is 18.9 Å². The highest BCUT2D eigenvalue weighted by atomic mass is 16.5. The number of pyridine rings is 1. The van der Waals surface area contributed by atoms with Crippen LogP contribution in [0.1, 0.15) is 44.2 Å². The van der Waals surface area contributed by atoms with Gasteiger partial charge in [-0.05, 0) is 72.5 Å². The molecule has 186 valence electrons. The van der Waals surface area contributed by atoms with Crippen molar-refractivity contribution in [2.45, 2.75) is 12.8 Å². The van der Waals surface area contributed by atoms with Crippen LogP contribution in [0.25, 0.3) is 22.6 Å². The Hall–Kier alpha value is -4.92. The summed E-state index contributed by atoms with van der Waals surface area (Å²) in [4.78, 5) is 42.5. The highest BCUT2D eigenvalue weighted by Crippen LogP contribution is 2.37. The zero-order chi connectivity index (χ0) is 25.8. The van der Waals surface area contributed by atoms with Crippen molar-refractivity contribution >= 4 is 40.3 Å². The summed E-state index contributed by atoms with van der Waals surface area (Å²) in [5.74, 6) is -0.521. The van der Waals surface area contributed by atoms with E-state index in [1.807, 2.05) is 42.5 Å². The molecule has 2 heterocycles. The third kappa shape index (κ3) is 5.06. The molecule has 0 atom stereocenters. The number of esters is 1. The number of fused-ring (bicyclic) bond motifs is 2. The molecule has 2 amide bonds.